The molecule has 6 heteroatoms. The Hall–Kier alpha value is -1.46. The maximum atomic E-state index is 14.2. The van der Waals surface area contributed by atoms with Gasteiger partial charge in [-0.3, -0.25) is 4.57 Å². The Morgan fingerprint density at radius 1 is 1.19 bits per heavy atom. The molecule has 2 aromatic carbocycles. The Balaban J connectivity index is 2.37. The SMILES string of the molecule is Cc1cc2c(cc1F)nc(CCl)n2-c1ccc(Br)cc1F. The maximum Gasteiger partial charge on any atom is 0.148 e. The molecule has 1 aromatic heterocycles. The van der Waals surface area contributed by atoms with Gasteiger partial charge in [-0.25, -0.2) is 13.8 Å². The number of halogens is 4. The predicted octanol–water partition coefficient (Wildman–Crippen LogP) is 5.11. The summed E-state index contributed by atoms with van der Waals surface area (Å²) < 4.78 is 30.2. The first-order chi connectivity index (χ1) is 10.0. The lowest BCUT2D eigenvalue weighted by molar-refractivity contribution is 0.616. The van der Waals surface area contributed by atoms with Crippen LogP contribution in [0.1, 0.15) is 11.4 Å². The molecule has 0 saturated carbocycles. The van der Waals surface area contributed by atoms with Crippen LogP contribution < -0.4 is 0 Å². The first-order valence-electron chi connectivity index (χ1n) is 6.20. The summed E-state index contributed by atoms with van der Waals surface area (Å²) in [5.74, 6) is -0.176. The van der Waals surface area contributed by atoms with Crippen LogP contribution in [0.2, 0.25) is 0 Å². The summed E-state index contributed by atoms with van der Waals surface area (Å²) in [6, 6.07) is 7.73. The highest BCUT2D eigenvalue weighted by Gasteiger charge is 2.16. The minimum absolute atomic E-state index is 0.102. The van der Waals surface area contributed by atoms with E-state index >= 15 is 0 Å². The van der Waals surface area contributed by atoms with Crippen molar-refractivity contribution in [3.8, 4) is 5.69 Å². The van der Waals surface area contributed by atoms with Gasteiger partial charge in [0.2, 0.25) is 0 Å². The first-order valence-corrected chi connectivity index (χ1v) is 7.53. The second-order valence-corrected chi connectivity index (χ2v) is 5.87. The third kappa shape index (κ3) is 2.45. The largest absolute Gasteiger partial charge is 0.292 e. The molecule has 0 amide bonds. The van der Waals surface area contributed by atoms with Crippen LogP contribution in [0.5, 0.6) is 0 Å². The summed E-state index contributed by atoms with van der Waals surface area (Å²) in [5, 5.41) is 0. The van der Waals surface area contributed by atoms with Crippen LogP contribution in [-0.4, -0.2) is 9.55 Å². The van der Waals surface area contributed by atoms with E-state index in [1.54, 1.807) is 29.7 Å². The second-order valence-electron chi connectivity index (χ2n) is 4.68. The van der Waals surface area contributed by atoms with Gasteiger partial charge in [-0.15, -0.1) is 11.6 Å². The third-order valence-corrected chi connectivity index (χ3v) is 4.01. The van der Waals surface area contributed by atoms with Crippen molar-refractivity contribution in [2.45, 2.75) is 12.8 Å². The average molecular weight is 372 g/mol. The van der Waals surface area contributed by atoms with Gasteiger partial charge >= 0.3 is 0 Å². The van der Waals surface area contributed by atoms with Gasteiger partial charge in [0.05, 0.1) is 22.6 Å². The van der Waals surface area contributed by atoms with E-state index in [-0.39, 0.29) is 11.7 Å². The topological polar surface area (TPSA) is 17.8 Å². The maximum absolute atomic E-state index is 14.2. The predicted molar refractivity (Wildman–Crippen MR) is 83.0 cm³/mol. The molecule has 2 nitrogen and oxygen atoms in total. The third-order valence-electron chi connectivity index (χ3n) is 3.27. The van der Waals surface area contributed by atoms with E-state index in [4.69, 9.17) is 11.6 Å². The number of aryl methyl sites for hydroxylation is 1. The average Bonchev–Trinajstić information content (AvgIpc) is 2.77. The Morgan fingerprint density at radius 2 is 1.95 bits per heavy atom. The van der Waals surface area contributed by atoms with Crippen molar-refractivity contribution in [2.75, 3.05) is 0 Å². The molecule has 0 N–H and O–H groups in total. The van der Waals surface area contributed by atoms with Crippen LogP contribution in [0.3, 0.4) is 0 Å². The molecular weight excluding hydrogens is 362 g/mol. The second kappa shape index (κ2) is 5.39. The summed E-state index contributed by atoms with van der Waals surface area (Å²) in [6.07, 6.45) is 0. The van der Waals surface area contributed by atoms with Crippen LogP contribution in [0.15, 0.2) is 34.8 Å². The standard InChI is InChI=1S/C15H10BrClF2N2/c1-8-4-14-12(6-10(8)18)20-15(7-17)21(14)13-3-2-9(16)5-11(13)19/h2-6H,7H2,1H3. The zero-order chi connectivity index (χ0) is 15.1. The normalized spacial score (nSPS) is 11.3. The zero-order valence-electron chi connectivity index (χ0n) is 11.0. The molecule has 0 saturated heterocycles. The minimum atomic E-state index is -0.406. The van der Waals surface area contributed by atoms with Gasteiger partial charge < -0.3 is 0 Å². The number of nitrogens with zero attached hydrogens (tertiary/aromatic N) is 2. The van der Waals surface area contributed by atoms with E-state index in [1.165, 1.54) is 12.1 Å². The molecule has 0 aliphatic rings. The Kier molecular flexibility index (Phi) is 3.71. The molecule has 0 bridgehead atoms. The quantitative estimate of drug-likeness (QED) is 0.572. The van der Waals surface area contributed by atoms with Crippen molar-refractivity contribution in [1.29, 1.82) is 0 Å². The van der Waals surface area contributed by atoms with Crippen molar-refractivity contribution in [3.63, 3.8) is 0 Å². The molecule has 0 unspecified atom stereocenters. The highest BCUT2D eigenvalue weighted by Crippen LogP contribution is 2.27. The van der Waals surface area contributed by atoms with Gasteiger partial charge in [0.1, 0.15) is 17.5 Å². The van der Waals surface area contributed by atoms with Crippen molar-refractivity contribution in [3.05, 3.63) is 57.8 Å². The van der Waals surface area contributed by atoms with E-state index in [2.05, 4.69) is 20.9 Å². The number of imidazole rings is 1. The first kappa shape index (κ1) is 14.5. The summed E-state index contributed by atoms with van der Waals surface area (Å²) in [6.45, 7) is 1.66. The van der Waals surface area contributed by atoms with E-state index in [0.29, 0.717) is 32.6 Å². The molecule has 0 radical (unpaired) electrons. The Morgan fingerprint density at radius 3 is 2.62 bits per heavy atom. The number of benzene rings is 2. The fourth-order valence-corrected chi connectivity index (χ4v) is 2.79. The van der Waals surface area contributed by atoms with Crippen LogP contribution in [0, 0.1) is 18.6 Å². The van der Waals surface area contributed by atoms with Gasteiger partial charge in [0, 0.05) is 10.5 Å². The van der Waals surface area contributed by atoms with Gasteiger partial charge in [0.25, 0.3) is 0 Å². The Labute approximate surface area is 133 Å². The monoisotopic (exact) mass is 370 g/mol. The van der Waals surface area contributed by atoms with E-state index in [1.807, 2.05) is 0 Å². The van der Waals surface area contributed by atoms with Gasteiger partial charge in [-0.1, -0.05) is 15.9 Å². The Bertz CT molecular complexity index is 845. The molecule has 0 fully saturated rings. The van der Waals surface area contributed by atoms with Crippen LogP contribution >= 0.6 is 27.5 Å². The molecule has 3 rings (SSSR count). The van der Waals surface area contributed by atoms with E-state index in [0.717, 1.165) is 0 Å². The molecule has 0 spiro atoms. The lowest BCUT2D eigenvalue weighted by Crippen LogP contribution is -2.02. The highest BCUT2D eigenvalue weighted by atomic mass is 79.9. The van der Waals surface area contributed by atoms with Crippen LogP contribution in [0.25, 0.3) is 16.7 Å². The van der Waals surface area contributed by atoms with Crippen molar-refractivity contribution < 1.29 is 8.78 Å². The fraction of sp³-hybridized carbons (Fsp3) is 0.133. The van der Waals surface area contributed by atoms with Crippen molar-refractivity contribution >= 4 is 38.6 Å². The van der Waals surface area contributed by atoms with Gasteiger partial charge in [-0.05, 0) is 36.8 Å². The van der Waals surface area contributed by atoms with E-state index in [9.17, 15) is 8.78 Å². The lowest BCUT2D eigenvalue weighted by atomic mass is 10.2. The zero-order valence-corrected chi connectivity index (χ0v) is 13.3. The molecule has 0 aliphatic heterocycles. The molecule has 108 valence electrons. The highest BCUT2D eigenvalue weighted by molar-refractivity contribution is 9.10. The smallest absolute Gasteiger partial charge is 0.148 e. The number of aromatic nitrogens is 2. The number of rotatable bonds is 2. The number of hydrogen-bond donors (Lipinski definition) is 0. The molecule has 0 atom stereocenters. The molecule has 1 heterocycles. The summed E-state index contributed by atoms with van der Waals surface area (Å²) in [7, 11) is 0. The summed E-state index contributed by atoms with van der Waals surface area (Å²) >= 11 is 9.13. The van der Waals surface area contributed by atoms with Crippen molar-refractivity contribution in [1.82, 2.24) is 9.55 Å². The minimum Gasteiger partial charge on any atom is -0.292 e. The molecule has 21 heavy (non-hydrogen) atoms. The molecular formula is C15H10BrClF2N2. The number of alkyl halides is 1. The van der Waals surface area contributed by atoms with Gasteiger partial charge in [0.15, 0.2) is 0 Å². The fourth-order valence-electron chi connectivity index (χ4n) is 2.27. The number of hydrogen-bond acceptors (Lipinski definition) is 1. The summed E-state index contributed by atoms with van der Waals surface area (Å²) in [5.41, 5.74) is 1.89. The summed E-state index contributed by atoms with van der Waals surface area (Å²) in [4.78, 5) is 4.29. The van der Waals surface area contributed by atoms with Crippen molar-refractivity contribution in [2.24, 2.45) is 0 Å². The van der Waals surface area contributed by atoms with Gasteiger partial charge in [-0.2, -0.15) is 0 Å². The number of fused-ring (bicyclic) bond motifs is 1. The molecule has 0 aliphatic carbocycles. The van der Waals surface area contributed by atoms with E-state index < -0.39 is 5.82 Å². The lowest BCUT2D eigenvalue weighted by Gasteiger charge is -2.10. The van der Waals surface area contributed by atoms with Crippen LogP contribution in [-0.2, 0) is 5.88 Å². The van der Waals surface area contributed by atoms with Crippen LogP contribution in [0.4, 0.5) is 8.78 Å². The molecule has 3 aromatic rings.